The van der Waals surface area contributed by atoms with Gasteiger partial charge in [0.2, 0.25) is 0 Å². The van der Waals surface area contributed by atoms with Crippen LogP contribution in [0.1, 0.15) is 46.5 Å². The minimum Gasteiger partial charge on any atom is -0.490 e. The molecule has 1 aromatic rings. The van der Waals surface area contributed by atoms with Crippen molar-refractivity contribution >= 4 is 17.5 Å². The predicted molar refractivity (Wildman–Crippen MR) is 97.0 cm³/mol. The molecule has 6 heteroatoms. The molecule has 2 atom stereocenters. The Hall–Kier alpha value is -2.24. The summed E-state index contributed by atoms with van der Waals surface area (Å²) in [6.45, 7) is 6.88. The number of hydrogen-bond donors (Lipinski definition) is 2. The van der Waals surface area contributed by atoms with E-state index < -0.39 is 11.8 Å². The number of carbonyl (C=O) groups is 2. The van der Waals surface area contributed by atoms with Crippen molar-refractivity contribution in [3.63, 3.8) is 0 Å². The van der Waals surface area contributed by atoms with Crippen LogP contribution in [0.5, 0.6) is 11.5 Å². The number of rotatable bonds is 6. The fourth-order valence-electron chi connectivity index (χ4n) is 3.08. The van der Waals surface area contributed by atoms with E-state index in [1.54, 1.807) is 18.2 Å². The zero-order valence-corrected chi connectivity index (χ0v) is 15.3. The summed E-state index contributed by atoms with van der Waals surface area (Å²) in [7, 11) is 0. The third-order valence-electron chi connectivity index (χ3n) is 4.44. The number of ether oxygens (including phenoxy) is 2. The highest BCUT2D eigenvalue weighted by Crippen LogP contribution is 2.30. The van der Waals surface area contributed by atoms with Gasteiger partial charge in [0.1, 0.15) is 0 Å². The molecule has 2 unspecified atom stereocenters. The van der Waals surface area contributed by atoms with E-state index in [1.807, 2.05) is 13.8 Å². The molecule has 0 saturated heterocycles. The zero-order chi connectivity index (χ0) is 18.2. The van der Waals surface area contributed by atoms with Crippen LogP contribution < -0.4 is 20.1 Å². The molecule has 0 heterocycles. The largest absolute Gasteiger partial charge is 0.490 e. The monoisotopic (exact) mass is 348 g/mol. The molecule has 0 aromatic heterocycles. The average molecular weight is 348 g/mol. The molecule has 1 aliphatic carbocycles. The second-order valence-corrected chi connectivity index (χ2v) is 6.32. The molecule has 25 heavy (non-hydrogen) atoms. The van der Waals surface area contributed by atoms with Gasteiger partial charge in [0.15, 0.2) is 11.5 Å². The number of amides is 2. The lowest BCUT2D eigenvalue weighted by Gasteiger charge is -2.29. The van der Waals surface area contributed by atoms with Crippen LogP contribution in [0.15, 0.2) is 18.2 Å². The smallest absolute Gasteiger partial charge is 0.313 e. The van der Waals surface area contributed by atoms with Gasteiger partial charge in [0.25, 0.3) is 0 Å². The molecule has 0 bridgehead atoms. The quantitative estimate of drug-likeness (QED) is 0.775. The van der Waals surface area contributed by atoms with E-state index >= 15 is 0 Å². The Morgan fingerprint density at radius 2 is 1.72 bits per heavy atom. The van der Waals surface area contributed by atoms with Gasteiger partial charge in [-0.15, -0.1) is 0 Å². The lowest BCUT2D eigenvalue weighted by molar-refractivity contribution is -0.137. The topological polar surface area (TPSA) is 76.7 Å². The van der Waals surface area contributed by atoms with Gasteiger partial charge in [-0.25, -0.2) is 0 Å². The van der Waals surface area contributed by atoms with E-state index in [4.69, 9.17) is 9.47 Å². The van der Waals surface area contributed by atoms with E-state index in [0.717, 1.165) is 19.3 Å². The lowest BCUT2D eigenvalue weighted by Crippen LogP contribution is -2.45. The van der Waals surface area contributed by atoms with Gasteiger partial charge in [0.05, 0.1) is 13.2 Å². The number of benzene rings is 1. The molecule has 2 amide bonds. The Bertz CT molecular complexity index is 603. The van der Waals surface area contributed by atoms with Gasteiger partial charge in [0, 0.05) is 17.8 Å². The Morgan fingerprint density at radius 3 is 2.40 bits per heavy atom. The molecule has 1 aromatic carbocycles. The number of hydrogen-bond acceptors (Lipinski definition) is 4. The fraction of sp³-hybridized carbons (Fsp3) is 0.579. The third kappa shape index (κ3) is 5.37. The minimum absolute atomic E-state index is 0.0753. The fourth-order valence-corrected chi connectivity index (χ4v) is 3.08. The highest BCUT2D eigenvalue weighted by molar-refractivity contribution is 6.39. The predicted octanol–water partition coefficient (Wildman–Crippen LogP) is 3.12. The highest BCUT2D eigenvalue weighted by Gasteiger charge is 2.25. The summed E-state index contributed by atoms with van der Waals surface area (Å²) < 4.78 is 11.0. The molecule has 2 rings (SSSR count). The van der Waals surface area contributed by atoms with E-state index in [0.29, 0.717) is 36.3 Å². The molecule has 0 radical (unpaired) electrons. The Balaban J connectivity index is 1.98. The number of anilines is 1. The molecule has 0 aliphatic heterocycles. The van der Waals surface area contributed by atoms with Crippen LogP contribution in [0, 0.1) is 5.92 Å². The Morgan fingerprint density at radius 1 is 1.04 bits per heavy atom. The van der Waals surface area contributed by atoms with Crippen molar-refractivity contribution in [2.75, 3.05) is 18.5 Å². The maximum absolute atomic E-state index is 12.2. The molecule has 138 valence electrons. The van der Waals surface area contributed by atoms with Gasteiger partial charge >= 0.3 is 11.8 Å². The summed E-state index contributed by atoms with van der Waals surface area (Å²) >= 11 is 0. The molecule has 1 aliphatic rings. The molecular formula is C19H28N2O4. The molecule has 6 nitrogen and oxygen atoms in total. The minimum atomic E-state index is -0.663. The van der Waals surface area contributed by atoms with E-state index in [9.17, 15) is 9.59 Å². The van der Waals surface area contributed by atoms with Gasteiger partial charge in [-0.2, -0.15) is 0 Å². The standard InChI is InChI=1S/C19H28N2O4/c1-4-24-16-11-10-14(12-17(16)25-5-2)20-18(22)19(23)21-15-9-7-6-8-13(15)3/h10-13,15H,4-9H2,1-3H3,(H,20,22)(H,21,23). The first-order valence-corrected chi connectivity index (χ1v) is 9.06. The first-order valence-electron chi connectivity index (χ1n) is 9.06. The van der Waals surface area contributed by atoms with E-state index in [1.165, 1.54) is 6.42 Å². The van der Waals surface area contributed by atoms with Crippen LogP contribution in [-0.4, -0.2) is 31.1 Å². The maximum Gasteiger partial charge on any atom is 0.313 e. The molecule has 1 saturated carbocycles. The summed E-state index contributed by atoms with van der Waals surface area (Å²) in [6.07, 6.45) is 4.29. The van der Waals surface area contributed by atoms with Crippen LogP contribution in [0.3, 0.4) is 0 Å². The van der Waals surface area contributed by atoms with Crippen LogP contribution in [-0.2, 0) is 9.59 Å². The van der Waals surface area contributed by atoms with Crippen molar-refractivity contribution in [2.24, 2.45) is 5.92 Å². The van der Waals surface area contributed by atoms with Gasteiger partial charge < -0.3 is 20.1 Å². The summed E-state index contributed by atoms with van der Waals surface area (Å²) in [5.41, 5.74) is 0.503. The number of carbonyl (C=O) groups excluding carboxylic acids is 2. The molecule has 1 fully saturated rings. The van der Waals surface area contributed by atoms with Crippen LogP contribution >= 0.6 is 0 Å². The second kappa shape index (κ2) is 9.30. The van der Waals surface area contributed by atoms with Crippen molar-refractivity contribution in [1.82, 2.24) is 5.32 Å². The molecule has 2 N–H and O–H groups in total. The third-order valence-corrected chi connectivity index (χ3v) is 4.44. The maximum atomic E-state index is 12.2. The van der Waals surface area contributed by atoms with E-state index in [2.05, 4.69) is 17.6 Å². The number of nitrogens with one attached hydrogen (secondary N) is 2. The zero-order valence-electron chi connectivity index (χ0n) is 15.3. The van der Waals surface area contributed by atoms with Crippen LogP contribution in [0.2, 0.25) is 0 Å². The summed E-state index contributed by atoms with van der Waals surface area (Å²) in [6, 6.07) is 5.17. The molecule has 0 spiro atoms. The Labute approximate surface area is 149 Å². The first-order chi connectivity index (χ1) is 12.0. The van der Waals surface area contributed by atoms with Gasteiger partial charge in [-0.1, -0.05) is 19.8 Å². The SMILES string of the molecule is CCOc1ccc(NC(=O)C(=O)NC2CCCCC2C)cc1OCC. The highest BCUT2D eigenvalue weighted by atomic mass is 16.5. The Kier molecular flexibility index (Phi) is 7.10. The van der Waals surface area contributed by atoms with Gasteiger partial charge in [-0.3, -0.25) is 9.59 Å². The van der Waals surface area contributed by atoms with Crippen LogP contribution in [0.25, 0.3) is 0 Å². The molecular weight excluding hydrogens is 320 g/mol. The van der Waals surface area contributed by atoms with Crippen LogP contribution in [0.4, 0.5) is 5.69 Å². The van der Waals surface area contributed by atoms with E-state index in [-0.39, 0.29) is 6.04 Å². The normalized spacial score (nSPS) is 19.8. The summed E-state index contributed by atoms with van der Waals surface area (Å²) in [5, 5.41) is 5.48. The van der Waals surface area contributed by atoms with Gasteiger partial charge in [-0.05, 0) is 44.7 Å². The second-order valence-electron chi connectivity index (χ2n) is 6.32. The lowest BCUT2D eigenvalue weighted by atomic mass is 9.86. The first kappa shape index (κ1) is 19.1. The summed E-state index contributed by atoms with van der Waals surface area (Å²) in [4.78, 5) is 24.3. The van der Waals surface area contributed by atoms with Crippen molar-refractivity contribution in [3.8, 4) is 11.5 Å². The van der Waals surface area contributed by atoms with Crippen molar-refractivity contribution in [2.45, 2.75) is 52.5 Å². The van der Waals surface area contributed by atoms with Crippen molar-refractivity contribution in [3.05, 3.63) is 18.2 Å². The van der Waals surface area contributed by atoms with Crippen molar-refractivity contribution in [1.29, 1.82) is 0 Å². The summed E-state index contributed by atoms with van der Waals surface area (Å²) in [5.74, 6) is 0.307. The van der Waals surface area contributed by atoms with Crippen molar-refractivity contribution < 1.29 is 19.1 Å². The average Bonchev–Trinajstić information content (AvgIpc) is 2.59.